The Morgan fingerprint density at radius 2 is 2.00 bits per heavy atom. The summed E-state index contributed by atoms with van der Waals surface area (Å²) in [7, 11) is 0. The molecule has 0 aliphatic rings. The summed E-state index contributed by atoms with van der Waals surface area (Å²) in [6.45, 7) is 6.55. The number of nitrogens with zero attached hydrogens (tertiary/aromatic N) is 4. The molecule has 0 radical (unpaired) electrons. The van der Waals surface area contributed by atoms with E-state index in [1.807, 2.05) is 32.0 Å². The van der Waals surface area contributed by atoms with Crippen molar-refractivity contribution in [2.45, 2.75) is 33.1 Å². The second-order valence-corrected chi connectivity index (χ2v) is 6.03. The van der Waals surface area contributed by atoms with Crippen LogP contribution in [0.15, 0.2) is 36.7 Å². The number of benzene rings is 1. The van der Waals surface area contributed by atoms with Crippen molar-refractivity contribution in [1.29, 1.82) is 0 Å². The minimum Gasteiger partial charge on any atom is -0.355 e. The summed E-state index contributed by atoms with van der Waals surface area (Å²) in [4.78, 5) is 20.8. The second-order valence-electron chi connectivity index (χ2n) is 6.03. The van der Waals surface area contributed by atoms with Crippen LogP contribution in [0.3, 0.4) is 0 Å². The van der Waals surface area contributed by atoms with Crippen LogP contribution in [0.5, 0.6) is 0 Å². The number of hydrogen-bond donors (Lipinski definition) is 1. The van der Waals surface area contributed by atoms with E-state index >= 15 is 0 Å². The van der Waals surface area contributed by atoms with E-state index in [9.17, 15) is 4.79 Å². The molecule has 0 saturated carbocycles. The van der Waals surface area contributed by atoms with E-state index in [0.717, 1.165) is 17.0 Å². The van der Waals surface area contributed by atoms with Gasteiger partial charge in [-0.1, -0.05) is 37.3 Å². The molecule has 3 aromatic rings. The summed E-state index contributed by atoms with van der Waals surface area (Å²) >= 11 is 0. The van der Waals surface area contributed by atoms with Gasteiger partial charge in [-0.15, -0.1) is 0 Å². The Kier molecular flexibility index (Phi) is 4.55. The summed E-state index contributed by atoms with van der Waals surface area (Å²) in [5, 5.41) is 7.17. The largest absolute Gasteiger partial charge is 0.355 e. The number of aryl methyl sites for hydroxylation is 2. The van der Waals surface area contributed by atoms with Crippen LogP contribution in [0.25, 0.3) is 5.78 Å². The maximum Gasteiger partial charge on any atom is 0.252 e. The number of hydrogen-bond acceptors (Lipinski definition) is 4. The molecule has 124 valence electrons. The highest BCUT2D eigenvalue weighted by atomic mass is 16.1. The summed E-state index contributed by atoms with van der Waals surface area (Å²) in [6, 6.07) is 10.2. The predicted molar refractivity (Wildman–Crippen MR) is 91.8 cm³/mol. The van der Waals surface area contributed by atoms with Gasteiger partial charge in [-0.3, -0.25) is 4.79 Å². The van der Waals surface area contributed by atoms with Gasteiger partial charge in [0.05, 0.1) is 6.42 Å². The molecule has 0 fully saturated rings. The maximum absolute atomic E-state index is 12.3. The zero-order chi connectivity index (χ0) is 17.1. The molecule has 1 atom stereocenters. The Morgan fingerprint density at radius 3 is 2.75 bits per heavy atom. The second kappa shape index (κ2) is 6.78. The van der Waals surface area contributed by atoms with Gasteiger partial charge in [-0.2, -0.15) is 10.1 Å². The van der Waals surface area contributed by atoms with Gasteiger partial charge in [0, 0.05) is 23.5 Å². The molecular weight excluding hydrogens is 302 g/mol. The zero-order valence-corrected chi connectivity index (χ0v) is 14.2. The monoisotopic (exact) mass is 323 g/mol. The van der Waals surface area contributed by atoms with Crippen molar-refractivity contribution in [3.8, 4) is 0 Å². The lowest BCUT2D eigenvalue weighted by Gasteiger charge is -2.14. The molecule has 1 aromatic carbocycles. The van der Waals surface area contributed by atoms with Gasteiger partial charge in [0.1, 0.15) is 6.33 Å². The van der Waals surface area contributed by atoms with Crippen LogP contribution in [0.4, 0.5) is 0 Å². The fraction of sp³-hybridized carbons (Fsp3) is 0.333. The van der Waals surface area contributed by atoms with Gasteiger partial charge < -0.3 is 5.32 Å². The van der Waals surface area contributed by atoms with E-state index in [0.29, 0.717) is 18.7 Å². The van der Waals surface area contributed by atoms with Gasteiger partial charge in [0.2, 0.25) is 5.91 Å². The summed E-state index contributed by atoms with van der Waals surface area (Å²) in [5.41, 5.74) is 3.84. The highest BCUT2D eigenvalue weighted by Crippen LogP contribution is 2.15. The molecule has 3 rings (SSSR count). The van der Waals surface area contributed by atoms with Crippen molar-refractivity contribution in [2.24, 2.45) is 0 Å². The lowest BCUT2D eigenvalue weighted by molar-refractivity contribution is -0.120. The molecule has 2 aromatic heterocycles. The lowest BCUT2D eigenvalue weighted by Crippen LogP contribution is -2.29. The fourth-order valence-electron chi connectivity index (χ4n) is 2.80. The third-order valence-corrected chi connectivity index (χ3v) is 4.30. The lowest BCUT2D eigenvalue weighted by atomic mass is 10.0. The molecule has 0 aliphatic heterocycles. The first-order valence-electron chi connectivity index (χ1n) is 8.03. The van der Waals surface area contributed by atoms with E-state index in [1.54, 1.807) is 4.52 Å². The first-order valence-corrected chi connectivity index (χ1v) is 8.03. The Labute approximate surface area is 141 Å². The van der Waals surface area contributed by atoms with Gasteiger partial charge in [0.15, 0.2) is 0 Å². The molecule has 0 spiro atoms. The van der Waals surface area contributed by atoms with Crippen LogP contribution >= 0.6 is 0 Å². The van der Waals surface area contributed by atoms with Gasteiger partial charge in [-0.05, 0) is 25.3 Å². The first kappa shape index (κ1) is 16.1. The molecule has 0 saturated heterocycles. The molecular formula is C18H21N5O. The van der Waals surface area contributed by atoms with E-state index in [2.05, 4.69) is 39.4 Å². The Bertz CT molecular complexity index is 856. The Balaban J connectivity index is 1.67. The molecule has 0 aliphatic carbocycles. The molecule has 6 heteroatoms. The normalized spacial score (nSPS) is 12.3. The van der Waals surface area contributed by atoms with Crippen molar-refractivity contribution in [1.82, 2.24) is 24.9 Å². The number of carbonyl (C=O) groups excluding carboxylic acids is 1. The quantitative estimate of drug-likeness (QED) is 0.781. The third kappa shape index (κ3) is 3.27. The van der Waals surface area contributed by atoms with Crippen molar-refractivity contribution in [3.05, 3.63) is 59.2 Å². The fourth-order valence-corrected chi connectivity index (χ4v) is 2.80. The topological polar surface area (TPSA) is 72.2 Å². The number of aromatic nitrogens is 4. The van der Waals surface area contributed by atoms with Crippen LogP contribution in [0, 0.1) is 13.8 Å². The average Bonchev–Trinajstić information content (AvgIpc) is 3.05. The SMILES string of the molecule is Cc1nc2ncnn2c(C)c1CC(=O)NC[C@H](C)c1ccccc1. The van der Waals surface area contributed by atoms with Crippen LogP contribution in [0.1, 0.15) is 35.4 Å². The maximum atomic E-state index is 12.3. The smallest absolute Gasteiger partial charge is 0.252 e. The van der Waals surface area contributed by atoms with Crippen molar-refractivity contribution in [3.63, 3.8) is 0 Å². The Hall–Kier alpha value is -2.76. The van der Waals surface area contributed by atoms with E-state index in [4.69, 9.17) is 0 Å². The van der Waals surface area contributed by atoms with E-state index < -0.39 is 0 Å². The standard InChI is InChI=1S/C18H21N5O/c1-12(15-7-5-4-6-8-15)10-19-17(24)9-16-13(2)22-18-20-11-21-23(18)14(16)3/h4-8,11-12H,9-10H2,1-3H3,(H,19,24)/t12-/m0/s1. The summed E-state index contributed by atoms with van der Waals surface area (Å²) in [5.74, 6) is 0.824. The van der Waals surface area contributed by atoms with Crippen LogP contribution in [-0.2, 0) is 11.2 Å². The number of rotatable bonds is 5. The molecule has 6 nitrogen and oxygen atoms in total. The van der Waals surface area contributed by atoms with Crippen LogP contribution in [-0.4, -0.2) is 32.0 Å². The Morgan fingerprint density at radius 1 is 1.25 bits per heavy atom. The van der Waals surface area contributed by atoms with Gasteiger partial charge in [0.25, 0.3) is 5.78 Å². The molecule has 1 N–H and O–H groups in total. The third-order valence-electron chi connectivity index (χ3n) is 4.30. The number of amides is 1. The van der Waals surface area contributed by atoms with Crippen molar-refractivity contribution >= 4 is 11.7 Å². The van der Waals surface area contributed by atoms with E-state index in [1.165, 1.54) is 11.9 Å². The molecule has 1 amide bonds. The summed E-state index contributed by atoms with van der Waals surface area (Å²) in [6.07, 6.45) is 1.77. The minimum absolute atomic E-state index is 0.00903. The number of nitrogens with one attached hydrogen (secondary N) is 1. The zero-order valence-electron chi connectivity index (χ0n) is 14.2. The van der Waals surface area contributed by atoms with Gasteiger partial charge in [-0.25, -0.2) is 9.50 Å². The predicted octanol–water partition coefficient (Wildman–Crippen LogP) is 2.20. The van der Waals surface area contributed by atoms with E-state index in [-0.39, 0.29) is 11.8 Å². The van der Waals surface area contributed by atoms with Gasteiger partial charge >= 0.3 is 0 Å². The molecule has 0 unspecified atom stereocenters. The number of fused-ring (bicyclic) bond motifs is 1. The molecule has 24 heavy (non-hydrogen) atoms. The van der Waals surface area contributed by atoms with Crippen LogP contribution < -0.4 is 5.32 Å². The molecule has 0 bridgehead atoms. The van der Waals surface area contributed by atoms with Crippen LogP contribution in [0.2, 0.25) is 0 Å². The van der Waals surface area contributed by atoms with Crippen molar-refractivity contribution in [2.75, 3.05) is 6.54 Å². The number of carbonyl (C=O) groups is 1. The average molecular weight is 323 g/mol. The highest BCUT2D eigenvalue weighted by Gasteiger charge is 2.15. The minimum atomic E-state index is -0.00903. The molecule has 2 heterocycles. The van der Waals surface area contributed by atoms with Crippen molar-refractivity contribution < 1.29 is 4.79 Å². The summed E-state index contributed by atoms with van der Waals surface area (Å²) < 4.78 is 1.67. The highest BCUT2D eigenvalue weighted by molar-refractivity contribution is 5.79. The first-order chi connectivity index (χ1) is 11.6.